The van der Waals surface area contributed by atoms with Crippen molar-refractivity contribution in [3.63, 3.8) is 0 Å². The smallest absolute Gasteiger partial charge is 0.338 e. The maximum absolute atomic E-state index is 12.5. The third-order valence-electron chi connectivity index (χ3n) is 4.34. The molecule has 1 heterocycles. The first-order valence-electron chi connectivity index (χ1n) is 8.74. The number of rotatable bonds is 6. The van der Waals surface area contributed by atoms with Crippen LogP contribution >= 0.6 is 0 Å². The maximum Gasteiger partial charge on any atom is 0.338 e. The predicted octanol–water partition coefficient (Wildman–Crippen LogP) is 2.55. The highest BCUT2D eigenvalue weighted by atomic mass is 32.2. The van der Waals surface area contributed by atoms with E-state index < -0.39 is 16.0 Å². The number of carbonyl (C=O) groups excluding carboxylic acids is 1. The number of hydrogen-bond acceptors (Lipinski definition) is 7. The molecule has 8 nitrogen and oxygen atoms in total. The zero-order valence-electron chi connectivity index (χ0n) is 16.5. The molecule has 9 heteroatoms. The Morgan fingerprint density at radius 3 is 2.34 bits per heavy atom. The van der Waals surface area contributed by atoms with Crippen molar-refractivity contribution in [3.05, 3.63) is 59.4 Å². The van der Waals surface area contributed by atoms with E-state index in [9.17, 15) is 13.2 Å². The summed E-state index contributed by atoms with van der Waals surface area (Å²) in [5, 5.41) is 0. The Morgan fingerprint density at radius 1 is 1.07 bits per heavy atom. The van der Waals surface area contributed by atoms with E-state index in [1.807, 2.05) is 24.3 Å². The number of nitrogens with zero attached hydrogens (tertiary/aromatic N) is 3. The highest BCUT2D eigenvalue weighted by Crippen LogP contribution is 2.27. The van der Waals surface area contributed by atoms with Crippen molar-refractivity contribution < 1.29 is 22.7 Å². The Balaban J connectivity index is 1.85. The summed E-state index contributed by atoms with van der Waals surface area (Å²) < 4.78 is 36.6. The topological polar surface area (TPSA) is 98.7 Å². The van der Waals surface area contributed by atoms with Crippen molar-refractivity contribution in [3.8, 4) is 5.75 Å². The first-order chi connectivity index (χ1) is 13.7. The zero-order valence-corrected chi connectivity index (χ0v) is 17.4. The summed E-state index contributed by atoms with van der Waals surface area (Å²) in [5.41, 5.74) is 2.74. The molecule has 0 amide bonds. The molecule has 0 atom stereocenters. The number of carbonyl (C=O) groups is 1. The quantitative estimate of drug-likeness (QED) is 0.571. The van der Waals surface area contributed by atoms with E-state index in [1.54, 1.807) is 6.92 Å². The minimum atomic E-state index is -3.80. The van der Waals surface area contributed by atoms with Gasteiger partial charge in [0.25, 0.3) is 0 Å². The van der Waals surface area contributed by atoms with Gasteiger partial charge >= 0.3 is 5.97 Å². The molecular weight excluding hydrogens is 394 g/mol. The van der Waals surface area contributed by atoms with E-state index in [4.69, 9.17) is 9.47 Å². The number of ether oxygens (including phenoxy) is 2. The van der Waals surface area contributed by atoms with Gasteiger partial charge in [-0.05, 0) is 37.3 Å². The lowest BCUT2D eigenvalue weighted by atomic mass is 10.2. The molecule has 3 aromatic rings. The van der Waals surface area contributed by atoms with Crippen LogP contribution in [0.1, 0.15) is 21.7 Å². The van der Waals surface area contributed by atoms with Crippen molar-refractivity contribution >= 4 is 27.0 Å². The van der Waals surface area contributed by atoms with Gasteiger partial charge in [0.05, 0.1) is 35.1 Å². The molecule has 2 aromatic carbocycles. The van der Waals surface area contributed by atoms with E-state index in [2.05, 4.69) is 9.97 Å². The molecule has 1 aromatic heterocycles. The third kappa shape index (κ3) is 4.20. The highest BCUT2D eigenvalue weighted by Gasteiger charge is 2.24. The fourth-order valence-corrected chi connectivity index (χ4v) is 3.76. The SMILES string of the molecule is COc1ccc(C(=O)OCc2nc3ccccc3nc2C)cc1S(=O)(=O)N(C)C. The summed E-state index contributed by atoms with van der Waals surface area (Å²) in [4.78, 5) is 21.4. The maximum atomic E-state index is 12.5. The second-order valence-corrected chi connectivity index (χ2v) is 8.59. The van der Waals surface area contributed by atoms with Gasteiger partial charge < -0.3 is 9.47 Å². The summed E-state index contributed by atoms with van der Waals surface area (Å²) in [7, 11) is 0.376. The van der Waals surface area contributed by atoms with E-state index in [0.29, 0.717) is 16.9 Å². The molecule has 0 radical (unpaired) electrons. The van der Waals surface area contributed by atoms with Crippen LogP contribution in [0.15, 0.2) is 47.4 Å². The van der Waals surface area contributed by atoms with E-state index in [0.717, 1.165) is 9.82 Å². The summed E-state index contributed by atoms with van der Waals surface area (Å²) in [6.07, 6.45) is 0. The zero-order chi connectivity index (χ0) is 21.2. The molecule has 29 heavy (non-hydrogen) atoms. The molecule has 0 aliphatic rings. The molecule has 0 N–H and O–H groups in total. The lowest BCUT2D eigenvalue weighted by Gasteiger charge is -2.15. The second-order valence-electron chi connectivity index (χ2n) is 6.47. The van der Waals surface area contributed by atoms with Crippen LogP contribution in [0.5, 0.6) is 5.75 Å². The molecule has 0 saturated heterocycles. The number of benzene rings is 2. The van der Waals surface area contributed by atoms with Crippen LogP contribution in [0.4, 0.5) is 0 Å². The highest BCUT2D eigenvalue weighted by molar-refractivity contribution is 7.89. The molecule has 3 rings (SSSR count). The summed E-state index contributed by atoms with van der Waals surface area (Å²) >= 11 is 0. The average Bonchev–Trinajstić information content (AvgIpc) is 2.71. The minimum absolute atomic E-state index is 0.0791. The van der Waals surface area contributed by atoms with Gasteiger partial charge in [0.2, 0.25) is 10.0 Å². The predicted molar refractivity (Wildman–Crippen MR) is 107 cm³/mol. The number of hydrogen-bond donors (Lipinski definition) is 0. The van der Waals surface area contributed by atoms with Crippen molar-refractivity contribution in [1.29, 1.82) is 0 Å². The fraction of sp³-hybridized carbons (Fsp3) is 0.250. The van der Waals surface area contributed by atoms with Gasteiger partial charge in [-0.15, -0.1) is 0 Å². The van der Waals surface area contributed by atoms with E-state index in [-0.39, 0.29) is 22.8 Å². The van der Waals surface area contributed by atoms with Gasteiger partial charge in [-0.2, -0.15) is 0 Å². The number of para-hydroxylation sites is 2. The van der Waals surface area contributed by atoms with Crippen LogP contribution in [0, 0.1) is 6.92 Å². The molecule has 0 aliphatic heterocycles. The molecule has 152 valence electrons. The molecule has 0 unspecified atom stereocenters. The van der Waals surface area contributed by atoms with Gasteiger partial charge in [-0.25, -0.2) is 27.5 Å². The van der Waals surface area contributed by atoms with Gasteiger partial charge in [-0.1, -0.05) is 12.1 Å². The lowest BCUT2D eigenvalue weighted by molar-refractivity contribution is 0.0466. The van der Waals surface area contributed by atoms with Crippen LogP contribution in [0.25, 0.3) is 11.0 Å². The van der Waals surface area contributed by atoms with Crippen LogP contribution < -0.4 is 4.74 Å². The monoisotopic (exact) mass is 415 g/mol. The largest absolute Gasteiger partial charge is 0.495 e. The number of aryl methyl sites for hydroxylation is 1. The Kier molecular flexibility index (Phi) is 5.81. The van der Waals surface area contributed by atoms with Crippen molar-refractivity contribution in [2.45, 2.75) is 18.4 Å². The molecular formula is C20H21N3O5S. The Hall–Kier alpha value is -3.04. The Labute approximate surface area is 169 Å². The minimum Gasteiger partial charge on any atom is -0.495 e. The normalized spacial score (nSPS) is 11.6. The molecule has 0 fully saturated rings. The third-order valence-corrected chi connectivity index (χ3v) is 6.18. The Morgan fingerprint density at radius 2 is 1.72 bits per heavy atom. The van der Waals surface area contributed by atoms with Gasteiger partial charge in [-0.3, -0.25) is 0 Å². The summed E-state index contributed by atoms with van der Waals surface area (Å²) in [5.74, 6) is -0.524. The molecule has 0 aliphatic carbocycles. The standard InChI is InChI=1S/C20H21N3O5S/c1-13-17(22-16-8-6-5-7-15(16)21-13)12-28-20(24)14-9-10-18(27-4)19(11-14)29(25,26)23(2)3/h5-11H,12H2,1-4H3. The van der Waals surface area contributed by atoms with Gasteiger partial charge in [0.15, 0.2) is 0 Å². The fourth-order valence-electron chi connectivity index (χ4n) is 2.68. The Bertz CT molecular complexity index is 1180. The van der Waals surface area contributed by atoms with Gasteiger partial charge in [0, 0.05) is 14.1 Å². The molecule has 0 bridgehead atoms. The summed E-state index contributed by atoms with van der Waals surface area (Å²) in [6, 6.07) is 11.5. The first kappa shape index (κ1) is 20.7. The van der Waals surface area contributed by atoms with Crippen LogP contribution in [-0.2, 0) is 21.4 Å². The summed E-state index contributed by atoms with van der Waals surface area (Å²) in [6.45, 7) is 1.71. The van der Waals surface area contributed by atoms with Crippen molar-refractivity contribution in [2.75, 3.05) is 21.2 Å². The van der Waals surface area contributed by atoms with Crippen molar-refractivity contribution in [2.24, 2.45) is 0 Å². The number of methoxy groups -OCH3 is 1. The van der Waals surface area contributed by atoms with E-state index >= 15 is 0 Å². The molecule has 0 spiro atoms. The number of sulfonamides is 1. The van der Waals surface area contributed by atoms with Crippen LogP contribution in [0.3, 0.4) is 0 Å². The second kappa shape index (κ2) is 8.14. The molecule has 0 saturated carbocycles. The number of aromatic nitrogens is 2. The first-order valence-corrected chi connectivity index (χ1v) is 10.2. The van der Waals surface area contributed by atoms with Crippen LogP contribution in [0.2, 0.25) is 0 Å². The number of fused-ring (bicyclic) bond motifs is 1. The van der Waals surface area contributed by atoms with Crippen molar-refractivity contribution in [1.82, 2.24) is 14.3 Å². The number of esters is 1. The average molecular weight is 415 g/mol. The van der Waals surface area contributed by atoms with Gasteiger partial charge in [0.1, 0.15) is 17.3 Å². The lowest BCUT2D eigenvalue weighted by Crippen LogP contribution is -2.23. The van der Waals surface area contributed by atoms with Crippen LogP contribution in [-0.4, -0.2) is 49.9 Å². The van der Waals surface area contributed by atoms with E-state index in [1.165, 1.54) is 39.4 Å².